The summed E-state index contributed by atoms with van der Waals surface area (Å²) in [6.45, 7) is -1.67. The zero-order valence-corrected chi connectivity index (χ0v) is 17.8. The molecule has 0 atom stereocenters. The van der Waals surface area contributed by atoms with Gasteiger partial charge in [-0.15, -0.1) is 0 Å². The first-order valence-electron chi connectivity index (χ1n) is 8.13. The van der Waals surface area contributed by atoms with Gasteiger partial charge < -0.3 is 9.80 Å². The molecule has 12 heteroatoms. The minimum atomic E-state index is -4.81. The molecule has 0 spiro atoms. The molecule has 0 radical (unpaired) electrons. The first-order valence-corrected chi connectivity index (χ1v) is 9.72. The van der Waals surface area contributed by atoms with Gasteiger partial charge in [0.15, 0.2) is 0 Å². The van der Waals surface area contributed by atoms with Gasteiger partial charge in [-0.2, -0.15) is 26.3 Å². The van der Waals surface area contributed by atoms with Crippen molar-refractivity contribution >= 4 is 55.0 Å². The molecule has 2 aromatic rings. The highest BCUT2D eigenvalue weighted by Gasteiger charge is 2.42. The van der Waals surface area contributed by atoms with E-state index < -0.39 is 59.8 Å². The lowest BCUT2D eigenvalue weighted by Crippen LogP contribution is -2.55. The van der Waals surface area contributed by atoms with Gasteiger partial charge in [0.25, 0.3) is 0 Å². The first kappa shape index (κ1) is 22.6. The van der Waals surface area contributed by atoms with Crippen molar-refractivity contribution in [1.29, 1.82) is 0 Å². The molecule has 0 aromatic heterocycles. The number of nitrogens with zero attached hydrogens (tertiary/aromatic N) is 2. The quantitative estimate of drug-likeness (QED) is 0.448. The summed E-state index contributed by atoms with van der Waals surface area (Å²) >= 11 is 5.85. The largest absolute Gasteiger partial charge is 0.418 e. The topological polar surface area (TPSA) is 40.6 Å². The van der Waals surface area contributed by atoms with Crippen LogP contribution in [0.1, 0.15) is 11.1 Å². The van der Waals surface area contributed by atoms with Crippen LogP contribution in [0, 0.1) is 0 Å². The molecule has 4 nitrogen and oxygen atoms in total. The van der Waals surface area contributed by atoms with E-state index in [1.54, 1.807) is 0 Å². The molecule has 1 fully saturated rings. The van der Waals surface area contributed by atoms with Crippen LogP contribution in [0.2, 0.25) is 0 Å². The number of alkyl halides is 6. The Kier molecular flexibility index (Phi) is 5.93. The maximum absolute atomic E-state index is 13.4. The number of carbonyl (C=O) groups excluding carboxylic acids is 2. The van der Waals surface area contributed by atoms with Crippen LogP contribution in [0.15, 0.2) is 45.3 Å². The Hall–Kier alpha value is -2.08. The summed E-state index contributed by atoms with van der Waals surface area (Å²) in [6, 6.07) is 6.10. The second-order valence-corrected chi connectivity index (χ2v) is 8.11. The highest BCUT2D eigenvalue weighted by molar-refractivity contribution is 9.10. The van der Waals surface area contributed by atoms with Crippen molar-refractivity contribution < 1.29 is 35.9 Å². The van der Waals surface area contributed by atoms with Crippen molar-refractivity contribution in [3.63, 3.8) is 0 Å². The van der Waals surface area contributed by atoms with Crippen molar-refractivity contribution in [2.24, 2.45) is 0 Å². The second-order valence-electron chi connectivity index (χ2n) is 6.28. The number of halogens is 8. The molecule has 3 rings (SSSR count). The van der Waals surface area contributed by atoms with E-state index in [9.17, 15) is 35.9 Å². The number of carbonyl (C=O) groups is 2. The minimum absolute atomic E-state index is 0.112. The van der Waals surface area contributed by atoms with Gasteiger partial charge in [0, 0.05) is 8.95 Å². The van der Waals surface area contributed by atoms with Crippen molar-refractivity contribution in [1.82, 2.24) is 0 Å². The van der Waals surface area contributed by atoms with Gasteiger partial charge in [-0.05, 0) is 36.4 Å². The van der Waals surface area contributed by atoms with E-state index in [-0.39, 0.29) is 8.95 Å². The number of hydrogen-bond donors (Lipinski definition) is 0. The van der Waals surface area contributed by atoms with E-state index >= 15 is 0 Å². The Morgan fingerprint density at radius 2 is 1.00 bits per heavy atom. The summed E-state index contributed by atoms with van der Waals surface area (Å²) in [5, 5.41) is 0. The van der Waals surface area contributed by atoms with Crippen LogP contribution in [-0.4, -0.2) is 24.9 Å². The first-order chi connectivity index (χ1) is 13.8. The lowest BCUT2D eigenvalue weighted by molar-refractivity contribution is -0.138. The molecule has 0 aliphatic carbocycles. The lowest BCUT2D eigenvalue weighted by Gasteiger charge is -2.36. The standard InChI is InChI=1S/C18H10Br2F6N2O2/c19-9-1-3-13(11(5-9)17(21,22)23)27-7-16(30)28(8-15(27)29)14-4-2-10(20)6-12(14)18(24,25)26/h1-6H,7-8H2. The van der Waals surface area contributed by atoms with Crippen LogP contribution >= 0.6 is 31.9 Å². The number of hydrogen-bond acceptors (Lipinski definition) is 2. The zero-order chi connectivity index (χ0) is 22.4. The van der Waals surface area contributed by atoms with Gasteiger partial charge >= 0.3 is 12.4 Å². The number of rotatable bonds is 2. The van der Waals surface area contributed by atoms with E-state index in [4.69, 9.17) is 0 Å². The third-order valence-corrected chi connectivity index (χ3v) is 5.28. The van der Waals surface area contributed by atoms with Crippen molar-refractivity contribution in [2.75, 3.05) is 22.9 Å². The highest BCUT2D eigenvalue weighted by atomic mass is 79.9. The third kappa shape index (κ3) is 4.48. The number of piperazine rings is 1. The highest BCUT2D eigenvalue weighted by Crippen LogP contribution is 2.41. The Labute approximate surface area is 182 Å². The van der Waals surface area contributed by atoms with Gasteiger partial charge in [0.05, 0.1) is 22.5 Å². The summed E-state index contributed by atoms with van der Waals surface area (Å²) < 4.78 is 80.5. The van der Waals surface area contributed by atoms with Crippen LogP contribution < -0.4 is 9.80 Å². The molecule has 0 bridgehead atoms. The Morgan fingerprint density at radius 1 is 0.667 bits per heavy atom. The average Bonchev–Trinajstić information content (AvgIpc) is 2.62. The smallest absolute Gasteiger partial charge is 0.301 e. The van der Waals surface area contributed by atoms with E-state index in [1.807, 2.05) is 0 Å². The maximum Gasteiger partial charge on any atom is 0.418 e. The molecule has 1 saturated heterocycles. The molecule has 0 N–H and O–H groups in total. The molecular formula is C18H10Br2F6N2O2. The van der Waals surface area contributed by atoms with Gasteiger partial charge in [0.1, 0.15) is 13.1 Å². The van der Waals surface area contributed by atoms with E-state index in [1.165, 1.54) is 12.1 Å². The molecule has 2 aromatic carbocycles. The predicted octanol–water partition coefficient (Wildman–Crippen LogP) is 5.63. The molecular weight excluding hydrogens is 550 g/mol. The summed E-state index contributed by atoms with van der Waals surface area (Å²) in [5.74, 6) is -1.89. The summed E-state index contributed by atoms with van der Waals surface area (Å²) in [7, 11) is 0. The summed E-state index contributed by atoms with van der Waals surface area (Å²) in [6.07, 6.45) is -9.62. The molecule has 160 valence electrons. The van der Waals surface area contributed by atoms with Gasteiger partial charge in [-0.25, -0.2) is 0 Å². The summed E-state index contributed by atoms with van der Waals surface area (Å²) in [4.78, 5) is 26.4. The monoisotopic (exact) mass is 558 g/mol. The van der Waals surface area contributed by atoms with Crippen LogP contribution in [-0.2, 0) is 21.9 Å². The van der Waals surface area contributed by atoms with Crippen LogP contribution in [0.5, 0.6) is 0 Å². The SMILES string of the molecule is O=C1CN(c2ccc(Br)cc2C(F)(F)F)C(=O)CN1c1ccc(Br)cc1C(F)(F)F. The van der Waals surface area contributed by atoms with Gasteiger partial charge in [0.2, 0.25) is 11.8 Å². The molecule has 30 heavy (non-hydrogen) atoms. The Bertz CT molecular complexity index is 941. The fourth-order valence-electron chi connectivity index (χ4n) is 3.00. The molecule has 1 heterocycles. The fourth-order valence-corrected chi connectivity index (χ4v) is 3.72. The van der Waals surface area contributed by atoms with E-state index in [0.717, 1.165) is 24.3 Å². The van der Waals surface area contributed by atoms with E-state index in [0.29, 0.717) is 9.80 Å². The third-order valence-electron chi connectivity index (χ3n) is 4.30. The second kappa shape index (κ2) is 7.88. The van der Waals surface area contributed by atoms with Crippen molar-refractivity contribution in [3.05, 3.63) is 56.5 Å². The van der Waals surface area contributed by atoms with Gasteiger partial charge in [-0.3, -0.25) is 9.59 Å². The van der Waals surface area contributed by atoms with Crippen molar-refractivity contribution in [2.45, 2.75) is 12.4 Å². The number of amides is 2. The lowest BCUT2D eigenvalue weighted by atomic mass is 10.1. The average molecular weight is 560 g/mol. The van der Waals surface area contributed by atoms with Crippen LogP contribution in [0.3, 0.4) is 0 Å². The minimum Gasteiger partial charge on any atom is -0.301 e. The molecule has 1 aliphatic rings. The van der Waals surface area contributed by atoms with E-state index in [2.05, 4.69) is 31.9 Å². The predicted molar refractivity (Wildman–Crippen MR) is 103 cm³/mol. The normalized spacial score (nSPS) is 15.7. The molecule has 0 unspecified atom stereocenters. The molecule has 0 saturated carbocycles. The van der Waals surface area contributed by atoms with Gasteiger partial charge in [-0.1, -0.05) is 31.9 Å². The Balaban J connectivity index is 1.99. The zero-order valence-electron chi connectivity index (χ0n) is 14.6. The van der Waals surface area contributed by atoms with Crippen molar-refractivity contribution in [3.8, 4) is 0 Å². The molecule has 2 amide bonds. The summed E-state index contributed by atoms with van der Waals surface area (Å²) in [5.41, 5.74) is -3.39. The van der Waals surface area contributed by atoms with Crippen LogP contribution in [0.4, 0.5) is 37.7 Å². The Morgan fingerprint density at radius 3 is 1.30 bits per heavy atom. The number of anilines is 2. The number of benzene rings is 2. The fraction of sp³-hybridized carbons (Fsp3) is 0.222. The maximum atomic E-state index is 13.4. The van der Waals surface area contributed by atoms with Crippen LogP contribution in [0.25, 0.3) is 0 Å². The molecule has 1 aliphatic heterocycles.